The number of Topliss-reactive ketones (excluding diaryl/α,β-unsaturated/α-hetero) is 1. The minimum Gasteiger partial charge on any atom is -0.497 e. The molecule has 3 aromatic carbocycles. The molecule has 0 N–H and O–H groups in total. The summed E-state index contributed by atoms with van der Waals surface area (Å²) in [6.07, 6.45) is 2.97. The number of anilines is 1. The van der Waals surface area contributed by atoms with Crippen LogP contribution in [0.3, 0.4) is 0 Å². The number of benzene rings is 3. The number of carbonyl (C=O) groups is 1. The van der Waals surface area contributed by atoms with E-state index in [2.05, 4.69) is 24.9 Å². The lowest BCUT2D eigenvalue weighted by Crippen LogP contribution is -2.36. The smallest absolute Gasteiger partial charge is 0.172 e. The molecule has 0 aromatic heterocycles. The number of ketones is 1. The third-order valence-electron chi connectivity index (χ3n) is 6.19. The van der Waals surface area contributed by atoms with E-state index in [0.29, 0.717) is 0 Å². The van der Waals surface area contributed by atoms with Crippen LogP contribution < -0.4 is 9.64 Å². The van der Waals surface area contributed by atoms with Gasteiger partial charge in [-0.2, -0.15) is 0 Å². The molecule has 31 heavy (non-hydrogen) atoms. The Morgan fingerprint density at radius 3 is 1.94 bits per heavy atom. The monoisotopic (exact) mass is 411 g/mol. The van der Waals surface area contributed by atoms with Crippen LogP contribution in [-0.2, 0) is 4.79 Å². The second-order valence-electron chi connectivity index (χ2n) is 8.69. The third kappa shape index (κ3) is 4.41. The van der Waals surface area contributed by atoms with Crippen molar-refractivity contribution in [2.45, 2.75) is 26.2 Å². The minimum absolute atomic E-state index is 0.167. The van der Waals surface area contributed by atoms with Gasteiger partial charge in [-0.05, 0) is 47.2 Å². The van der Waals surface area contributed by atoms with Crippen molar-refractivity contribution in [1.82, 2.24) is 0 Å². The summed E-state index contributed by atoms with van der Waals surface area (Å²) < 4.78 is 5.29. The van der Waals surface area contributed by atoms with Gasteiger partial charge in [0.25, 0.3) is 0 Å². The molecule has 158 valence electrons. The maximum atomic E-state index is 14.1. The lowest BCUT2D eigenvalue weighted by molar-refractivity contribution is -0.117. The highest BCUT2D eigenvalue weighted by molar-refractivity contribution is 6.04. The van der Waals surface area contributed by atoms with Gasteiger partial charge in [-0.25, -0.2) is 0 Å². The van der Waals surface area contributed by atoms with Crippen molar-refractivity contribution in [1.29, 1.82) is 0 Å². The molecule has 1 aliphatic heterocycles. The fraction of sp³-hybridized carbons (Fsp3) is 0.250. The molecule has 4 rings (SSSR count). The van der Waals surface area contributed by atoms with Crippen LogP contribution >= 0.6 is 0 Å². The predicted octanol–water partition coefficient (Wildman–Crippen LogP) is 6.22. The van der Waals surface area contributed by atoms with Gasteiger partial charge in [0.2, 0.25) is 0 Å². The lowest BCUT2D eigenvalue weighted by atomic mass is 9.72. The van der Waals surface area contributed by atoms with Crippen molar-refractivity contribution in [3.8, 4) is 5.75 Å². The fourth-order valence-corrected chi connectivity index (χ4v) is 4.25. The second kappa shape index (κ2) is 8.81. The quantitative estimate of drug-likeness (QED) is 0.482. The Bertz CT molecular complexity index is 1010. The molecule has 0 amide bonds. The lowest BCUT2D eigenvalue weighted by Gasteiger charge is -2.38. The molecule has 0 fully saturated rings. The number of carbonyl (C=O) groups excluding carboxylic acids is 1. The number of methoxy groups -OCH3 is 1. The summed E-state index contributed by atoms with van der Waals surface area (Å²) in [5.41, 5.74) is 3.79. The van der Waals surface area contributed by atoms with Crippen LogP contribution in [-0.4, -0.2) is 19.4 Å². The van der Waals surface area contributed by atoms with Gasteiger partial charge in [0.05, 0.1) is 13.0 Å². The number of hydrogen-bond donors (Lipinski definition) is 0. The minimum atomic E-state index is -0.316. The van der Waals surface area contributed by atoms with Gasteiger partial charge in [-0.15, -0.1) is 0 Å². The summed E-state index contributed by atoms with van der Waals surface area (Å²) in [5.74, 6) is 0.680. The zero-order valence-electron chi connectivity index (χ0n) is 18.4. The SMILES string of the molecule is COc1ccc(N2C=C(C(=O)C(c3ccccc3)c3ccccc3)C(C)(C)CC2)cc1. The van der Waals surface area contributed by atoms with Crippen molar-refractivity contribution in [3.05, 3.63) is 108 Å². The summed E-state index contributed by atoms with van der Waals surface area (Å²) in [7, 11) is 1.67. The number of allylic oxidation sites excluding steroid dienone is 1. The van der Waals surface area contributed by atoms with E-state index in [4.69, 9.17) is 4.74 Å². The normalized spacial score (nSPS) is 15.5. The average Bonchev–Trinajstić information content (AvgIpc) is 2.80. The number of nitrogens with zero attached hydrogens (tertiary/aromatic N) is 1. The van der Waals surface area contributed by atoms with Gasteiger partial charge < -0.3 is 9.64 Å². The zero-order chi connectivity index (χ0) is 21.8. The first-order valence-corrected chi connectivity index (χ1v) is 10.8. The summed E-state index contributed by atoms with van der Waals surface area (Å²) in [6, 6.07) is 28.2. The van der Waals surface area contributed by atoms with E-state index in [1.54, 1.807) is 7.11 Å². The van der Waals surface area contributed by atoms with Gasteiger partial charge in [-0.3, -0.25) is 4.79 Å². The van der Waals surface area contributed by atoms with Crippen LogP contribution in [0.15, 0.2) is 96.7 Å². The third-order valence-corrected chi connectivity index (χ3v) is 6.19. The van der Waals surface area contributed by atoms with Crippen LogP contribution in [0.4, 0.5) is 5.69 Å². The van der Waals surface area contributed by atoms with Crippen LogP contribution in [0.1, 0.15) is 37.3 Å². The summed E-state index contributed by atoms with van der Waals surface area (Å²) in [4.78, 5) is 16.3. The number of hydrogen-bond acceptors (Lipinski definition) is 3. The number of ether oxygens (including phenoxy) is 1. The van der Waals surface area contributed by atoms with Gasteiger partial charge in [0, 0.05) is 24.0 Å². The predicted molar refractivity (Wildman–Crippen MR) is 127 cm³/mol. The van der Waals surface area contributed by atoms with Crippen LogP contribution in [0.25, 0.3) is 0 Å². The zero-order valence-corrected chi connectivity index (χ0v) is 18.4. The molecule has 0 bridgehead atoms. The van der Waals surface area contributed by atoms with Crippen molar-refractivity contribution in [2.75, 3.05) is 18.6 Å². The molecule has 0 aliphatic carbocycles. The van der Waals surface area contributed by atoms with Crippen LogP contribution in [0.5, 0.6) is 5.75 Å². The Hall–Kier alpha value is -3.33. The maximum absolute atomic E-state index is 14.1. The topological polar surface area (TPSA) is 29.5 Å². The molecular formula is C28H29NO2. The Morgan fingerprint density at radius 1 is 0.871 bits per heavy atom. The molecule has 0 atom stereocenters. The molecule has 1 aliphatic rings. The van der Waals surface area contributed by atoms with Gasteiger partial charge in [-0.1, -0.05) is 74.5 Å². The molecule has 0 saturated carbocycles. The van der Waals surface area contributed by atoms with Crippen molar-refractivity contribution < 1.29 is 9.53 Å². The van der Waals surface area contributed by atoms with Crippen LogP contribution in [0.2, 0.25) is 0 Å². The number of rotatable bonds is 6. The summed E-state index contributed by atoms with van der Waals surface area (Å²) in [5, 5.41) is 0. The first-order valence-electron chi connectivity index (χ1n) is 10.8. The van der Waals surface area contributed by atoms with E-state index < -0.39 is 0 Å². The molecule has 3 nitrogen and oxygen atoms in total. The average molecular weight is 412 g/mol. The fourth-order valence-electron chi connectivity index (χ4n) is 4.25. The summed E-state index contributed by atoms with van der Waals surface area (Å²) in [6.45, 7) is 5.22. The Kier molecular flexibility index (Phi) is 5.94. The van der Waals surface area contributed by atoms with Crippen molar-refractivity contribution in [3.63, 3.8) is 0 Å². The molecule has 0 saturated heterocycles. The Balaban J connectivity index is 1.75. The first-order chi connectivity index (χ1) is 15.0. The molecular weight excluding hydrogens is 382 g/mol. The summed E-state index contributed by atoms with van der Waals surface area (Å²) >= 11 is 0. The Morgan fingerprint density at radius 2 is 1.42 bits per heavy atom. The maximum Gasteiger partial charge on any atom is 0.172 e. The highest BCUT2D eigenvalue weighted by Crippen LogP contribution is 2.41. The van der Waals surface area contributed by atoms with E-state index in [-0.39, 0.29) is 17.1 Å². The first kappa shape index (κ1) is 20.9. The van der Waals surface area contributed by atoms with Gasteiger partial charge in [0.15, 0.2) is 5.78 Å². The van der Waals surface area contributed by atoms with E-state index in [0.717, 1.165) is 41.1 Å². The highest BCUT2D eigenvalue weighted by Gasteiger charge is 2.37. The van der Waals surface area contributed by atoms with E-state index >= 15 is 0 Å². The van der Waals surface area contributed by atoms with Gasteiger partial charge in [0.1, 0.15) is 5.75 Å². The molecule has 0 unspecified atom stereocenters. The van der Waals surface area contributed by atoms with Crippen molar-refractivity contribution >= 4 is 11.5 Å². The van der Waals surface area contributed by atoms with E-state index in [1.807, 2.05) is 84.9 Å². The standard InChI is InChI=1S/C28H29NO2/c1-28(2)18-19-29(23-14-16-24(31-3)17-15-23)20-25(28)27(30)26(21-10-6-4-7-11-21)22-12-8-5-9-13-22/h4-17,20,26H,18-19H2,1-3H3. The largest absolute Gasteiger partial charge is 0.497 e. The highest BCUT2D eigenvalue weighted by atomic mass is 16.5. The van der Waals surface area contributed by atoms with E-state index in [9.17, 15) is 4.79 Å². The molecule has 1 heterocycles. The van der Waals surface area contributed by atoms with E-state index in [1.165, 1.54) is 0 Å². The Labute approximate surface area is 185 Å². The molecule has 3 heteroatoms. The molecule has 3 aromatic rings. The second-order valence-corrected chi connectivity index (χ2v) is 8.69. The van der Waals surface area contributed by atoms with Crippen molar-refractivity contribution in [2.24, 2.45) is 5.41 Å². The van der Waals surface area contributed by atoms with Crippen LogP contribution in [0, 0.1) is 5.41 Å². The molecule has 0 radical (unpaired) electrons. The molecule has 0 spiro atoms. The van der Waals surface area contributed by atoms with Gasteiger partial charge >= 0.3 is 0 Å².